The number of amides is 1. The summed E-state index contributed by atoms with van der Waals surface area (Å²) in [6.45, 7) is 6.45. The van der Waals surface area contributed by atoms with Crippen molar-refractivity contribution in [3.05, 3.63) is 71.8 Å². The number of benzene rings is 2. The second-order valence-corrected chi connectivity index (χ2v) is 8.27. The molecule has 0 radical (unpaired) electrons. The standard InChI is InChI=1S/C20H21NOS/c1-14(16-10-6-4-7-11-16)21-18(22)19(3)15(2)23-20(19,21)17-12-8-5-9-13-17/h4-15H,1-3H3/t14-,15+,19-,20-/m1/s1. The number of hydrogen-bond acceptors (Lipinski definition) is 2. The van der Waals surface area contributed by atoms with Crippen LogP contribution in [-0.4, -0.2) is 16.1 Å². The Labute approximate surface area is 141 Å². The van der Waals surface area contributed by atoms with Crippen molar-refractivity contribution in [2.75, 3.05) is 0 Å². The van der Waals surface area contributed by atoms with E-state index in [4.69, 9.17) is 0 Å². The van der Waals surface area contributed by atoms with Gasteiger partial charge in [0.05, 0.1) is 11.5 Å². The van der Waals surface area contributed by atoms with Gasteiger partial charge >= 0.3 is 0 Å². The molecular weight excluding hydrogens is 302 g/mol. The molecule has 2 saturated heterocycles. The molecule has 0 N–H and O–H groups in total. The second kappa shape index (κ2) is 4.88. The molecule has 2 nitrogen and oxygen atoms in total. The quantitative estimate of drug-likeness (QED) is 0.770. The summed E-state index contributed by atoms with van der Waals surface area (Å²) in [6.07, 6.45) is 0. The van der Waals surface area contributed by atoms with E-state index in [2.05, 4.69) is 62.1 Å². The largest absolute Gasteiger partial charge is 0.315 e. The van der Waals surface area contributed by atoms with Gasteiger partial charge in [-0.1, -0.05) is 67.6 Å². The van der Waals surface area contributed by atoms with Crippen LogP contribution < -0.4 is 0 Å². The zero-order chi connectivity index (χ0) is 16.2. The summed E-state index contributed by atoms with van der Waals surface area (Å²) in [5.41, 5.74) is 2.15. The monoisotopic (exact) mass is 323 g/mol. The second-order valence-electron chi connectivity index (χ2n) is 6.73. The molecular formula is C20H21NOS. The third kappa shape index (κ3) is 1.64. The minimum atomic E-state index is -0.290. The summed E-state index contributed by atoms with van der Waals surface area (Å²) < 4.78 is 0. The lowest BCUT2D eigenvalue weighted by Gasteiger charge is -2.74. The van der Waals surface area contributed by atoms with Gasteiger partial charge in [0, 0.05) is 5.25 Å². The third-order valence-corrected chi connectivity index (χ3v) is 7.72. The van der Waals surface area contributed by atoms with Gasteiger partial charge in [-0.2, -0.15) is 0 Å². The van der Waals surface area contributed by atoms with Crippen molar-refractivity contribution < 1.29 is 4.79 Å². The van der Waals surface area contributed by atoms with Crippen LogP contribution in [0.3, 0.4) is 0 Å². The van der Waals surface area contributed by atoms with Gasteiger partial charge in [0.1, 0.15) is 4.87 Å². The van der Waals surface area contributed by atoms with Gasteiger partial charge < -0.3 is 4.90 Å². The Morgan fingerprint density at radius 2 is 1.61 bits per heavy atom. The summed E-state index contributed by atoms with van der Waals surface area (Å²) >= 11 is 1.92. The highest BCUT2D eigenvalue weighted by atomic mass is 32.2. The fourth-order valence-electron chi connectivity index (χ4n) is 4.18. The summed E-state index contributed by atoms with van der Waals surface area (Å²) in [5, 5.41) is 0.356. The third-order valence-electron chi connectivity index (χ3n) is 5.70. The van der Waals surface area contributed by atoms with Crippen LogP contribution in [0.25, 0.3) is 0 Å². The van der Waals surface area contributed by atoms with Crippen LogP contribution in [0.1, 0.15) is 37.9 Å². The summed E-state index contributed by atoms with van der Waals surface area (Å²) in [7, 11) is 0. The first kappa shape index (κ1) is 14.8. The zero-order valence-electron chi connectivity index (χ0n) is 13.7. The maximum Gasteiger partial charge on any atom is 0.235 e. The Hall–Kier alpha value is -1.74. The Kier molecular flexibility index (Phi) is 3.14. The molecule has 4 atom stereocenters. The van der Waals surface area contributed by atoms with E-state index in [1.165, 1.54) is 11.1 Å². The molecule has 2 aliphatic heterocycles. The van der Waals surface area contributed by atoms with Gasteiger partial charge in [-0.05, 0) is 25.0 Å². The molecule has 0 spiro atoms. The van der Waals surface area contributed by atoms with Gasteiger partial charge in [0.15, 0.2) is 0 Å². The predicted molar refractivity (Wildman–Crippen MR) is 95.0 cm³/mol. The van der Waals surface area contributed by atoms with E-state index in [1.807, 2.05) is 36.0 Å². The molecule has 0 unspecified atom stereocenters. The Morgan fingerprint density at radius 1 is 1.04 bits per heavy atom. The number of hydrogen-bond donors (Lipinski definition) is 0. The molecule has 2 aliphatic rings. The molecule has 2 aromatic carbocycles. The van der Waals surface area contributed by atoms with Crippen LogP contribution in [0.5, 0.6) is 0 Å². The van der Waals surface area contributed by atoms with Gasteiger partial charge in [-0.25, -0.2) is 0 Å². The van der Waals surface area contributed by atoms with Crippen LogP contribution in [0.2, 0.25) is 0 Å². The van der Waals surface area contributed by atoms with Crippen LogP contribution in [0.4, 0.5) is 0 Å². The van der Waals surface area contributed by atoms with Gasteiger partial charge in [0.2, 0.25) is 5.91 Å². The molecule has 0 saturated carbocycles. The number of fused-ring (bicyclic) bond motifs is 1. The summed E-state index contributed by atoms with van der Waals surface area (Å²) in [5.74, 6) is 0.281. The number of rotatable bonds is 3. The first-order valence-electron chi connectivity index (χ1n) is 8.15. The molecule has 1 amide bonds. The number of carbonyl (C=O) groups is 1. The molecule has 3 heteroatoms. The molecule has 0 aromatic heterocycles. The molecule has 2 aromatic rings. The first-order valence-corrected chi connectivity index (χ1v) is 9.03. The van der Waals surface area contributed by atoms with E-state index in [1.54, 1.807) is 0 Å². The van der Waals surface area contributed by atoms with Crippen LogP contribution in [0.15, 0.2) is 60.7 Å². The molecule has 0 aliphatic carbocycles. The maximum atomic E-state index is 13.1. The van der Waals surface area contributed by atoms with E-state index in [0.717, 1.165) is 0 Å². The Balaban J connectivity index is 1.80. The normalized spacial score (nSPS) is 33.4. The van der Waals surface area contributed by atoms with E-state index >= 15 is 0 Å². The molecule has 118 valence electrons. The van der Waals surface area contributed by atoms with Gasteiger partial charge in [-0.15, -0.1) is 11.8 Å². The fraction of sp³-hybridized carbons (Fsp3) is 0.350. The highest BCUT2D eigenvalue weighted by Crippen LogP contribution is 2.76. The zero-order valence-corrected chi connectivity index (χ0v) is 14.5. The van der Waals surface area contributed by atoms with Gasteiger partial charge in [-0.3, -0.25) is 4.79 Å². The lowest BCUT2D eigenvalue weighted by atomic mass is 9.64. The average Bonchev–Trinajstić information content (AvgIpc) is 2.61. The summed E-state index contributed by atoms with van der Waals surface area (Å²) in [6, 6.07) is 20.9. The van der Waals surface area contributed by atoms with Crippen molar-refractivity contribution in [3.8, 4) is 0 Å². The van der Waals surface area contributed by atoms with Crippen molar-refractivity contribution in [1.82, 2.24) is 4.90 Å². The predicted octanol–water partition coefficient (Wildman–Crippen LogP) is 4.58. The van der Waals surface area contributed by atoms with Crippen molar-refractivity contribution in [1.29, 1.82) is 0 Å². The lowest BCUT2D eigenvalue weighted by molar-refractivity contribution is -0.189. The first-order chi connectivity index (χ1) is 11.0. The van der Waals surface area contributed by atoms with Crippen LogP contribution >= 0.6 is 11.8 Å². The average molecular weight is 323 g/mol. The Morgan fingerprint density at radius 3 is 2.17 bits per heavy atom. The van der Waals surface area contributed by atoms with Gasteiger partial charge in [0.25, 0.3) is 0 Å². The van der Waals surface area contributed by atoms with Crippen molar-refractivity contribution >= 4 is 17.7 Å². The minimum absolute atomic E-state index is 0.0805. The van der Waals surface area contributed by atoms with E-state index in [0.29, 0.717) is 5.25 Å². The fourth-order valence-corrected chi connectivity index (χ4v) is 6.15. The van der Waals surface area contributed by atoms with Crippen LogP contribution in [0, 0.1) is 5.41 Å². The summed E-state index contributed by atoms with van der Waals surface area (Å²) in [4.78, 5) is 14.9. The molecule has 23 heavy (non-hydrogen) atoms. The van der Waals surface area contributed by atoms with E-state index in [9.17, 15) is 4.79 Å². The van der Waals surface area contributed by atoms with Crippen molar-refractivity contribution in [2.45, 2.75) is 36.9 Å². The smallest absolute Gasteiger partial charge is 0.235 e. The number of nitrogens with zero attached hydrogens (tertiary/aromatic N) is 1. The molecule has 2 fully saturated rings. The topological polar surface area (TPSA) is 20.3 Å². The minimum Gasteiger partial charge on any atom is -0.315 e. The Bertz CT molecular complexity index is 747. The van der Waals surface area contributed by atoms with Crippen molar-refractivity contribution in [3.63, 3.8) is 0 Å². The van der Waals surface area contributed by atoms with Crippen molar-refractivity contribution in [2.24, 2.45) is 5.41 Å². The maximum absolute atomic E-state index is 13.1. The lowest BCUT2D eigenvalue weighted by Crippen LogP contribution is -2.82. The number of β-lactam (4-membered cyclic amide) rings is 1. The number of likely N-dealkylation sites (tertiary alicyclic amines) is 1. The van der Waals surface area contributed by atoms with E-state index < -0.39 is 0 Å². The molecule has 4 rings (SSSR count). The van der Waals surface area contributed by atoms with E-state index in [-0.39, 0.29) is 22.2 Å². The highest BCUT2D eigenvalue weighted by Gasteiger charge is 2.80. The number of carbonyl (C=O) groups excluding carboxylic acids is 1. The van der Waals surface area contributed by atoms with Crippen LogP contribution in [-0.2, 0) is 9.67 Å². The SMILES string of the molecule is C[C@H](c1ccccc1)N1C(=O)[C@@]2(C)[C@H](C)S[C@@]12c1ccccc1. The highest BCUT2D eigenvalue weighted by molar-refractivity contribution is 8.02. The number of thioether (sulfide) groups is 1. The molecule has 2 heterocycles. The molecule has 0 bridgehead atoms.